The van der Waals surface area contributed by atoms with Crippen molar-refractivity contribution in [1.82, 2.24) is 9.55 Å². The molecule has 0 atom stereocenters. The molecule has 1 aromatic heterocycles. The molecule has 0 radical (unpaired) electrons. The number of imidazole rings is 1. The van der Waals surface area contributed by atoms with E-state index in [9.17, 15) is 8.78 Å². The van der Waals surface area contributed by atoms with E-state index in [4.69, 9.17) is 17.5 Å². The van der Waals surface area contributed by atoms with E-state index in [0.29, 0.717) is 15.5 Å². The van der Waals surface area contributed by atoms with Crippen LogP contribution in [0.3, 0.4) is 0 Å². The molecule has 0 amide bonds. The zero-order chi connectivity index (χ0) is 15.1. The second-order valence-corrected chi connectivity index (χ2v) is 5.57. The van der Waals surface area contributed by atoms with Crippen LogP contribution in [0.4, 0.5) is 8.78 Å². The summed E-state index contributed by atoms with van der Waals surface area (Å²) in [5.41, 5.74) is 1.37. The maximum absolute atomic E-state index is 14.2. The number of hydrogen-bond acceptors (Lipinski definition) is 2. The van der Waals surface area contributed by atoms with Crippen molar-refractivity contribution in [3.63, 3.8) is 0 Å². The van der Waals surface area contributed by atoms with Crippen molar-refractivity contribution in [2.75, 3.05) is 0 Å². The number of fused-ring (bicyclic) bond motifs is 1. The first-order valence-electron chi connectivity index (χ1n) is 5.81. The Hall–Kier alpha value is -2.04. The van der Waals surface area contributed by atoms with Gasteiger partial charge in [0.25, 0.3) is 0 Å². The van der Waals surface area contributed by atoms with Crippen molar-refractivity contribution in [3.05, 3.63) is 56.8 Å². The molecule has 0 saturated heterocycles. The van der Waals surface area contributed by atoms with Crippen LogP contribution in [0.1, 0.15) is 5.56 Å². The largest absolute Gasteiger partial charge is 0.330 e. The molecule has 104 valence electrons. The second kappa shape index (κ2) is 5.06. The molecule has 2 aromatic carbocycles. The fourth-order valence-corrected chi connectivity index (χ4v) is 2.75. The smallest absolute Gasteiger partial charge is 0.182 e. The Kier molecular flexibility index (Phi) is 3.35. The third kappa shape index (κ3) is 2.26. The highest BCUT2D eigenvalue weighted by molar-refractivity contribution is 9.10. The molecule has 3 nitrogen and oxygen atoms in total. The van der Waals surface area contributed by atoms with E-state index in [1.807, 2.05) is 6.07 Å². The maximum Gasteiger partial charge on any atom is 0.182 e. The number of nitrogens with zero attached hydrogens (tertiary/aromatic N) is 2. The quantitative estimate of drug-likeness (QED) is 0.640. The van der Waals surface area contributed by atoms with Crippen LogP contribution in [0.25, 0.3) is 16.7 Å². The van der Waals surface area contributed by atoms with Crippen LogP contribution in [0.2, 0.25) is 0 Å². The highest BCUT2D eigenvalue weighted by Gasteiger charge is 2.13. The number of nitrogens with one attached hydrogen (secondary N) is 1. The summed E-state index contributed by atoms with van der Waals surface area (Å²) < 4.78 is 29.8. The number of rotatable bonds is 1. The zero-order valence-corrected chi connectivity index (χ0v) is 12.7. The van der Waals surface area contributed by atoms with Gasteiger partial charge in [-0.3, -0.25) is 4.57 Å². The van der Waals surface area contributed by atoms with Crippen LogP contribution in [-0.4, -0.2) is 9.55 Å². The van der Waals surface area contributed by atoms with Gasteiger partial charge in [0.2, 0.25) is 0 Å². The molecule has 0 unspecified atom stereocenters. The monoisotopic (exact) mass is 365 g/mol. The normalized spacial score (nSPS) is 10.8. The van der Waals surface area contributed by atoms with Crippen molar-refractivity contribution < 1.29 is 8.78 Å². The van der Waals surface area contributed by atoms with Gasteiger partial charge in [-0.25, -0.2) is 8.78 Å². The van der Waals surface area contributed by atoms with E-state index in [-0.39, 0.29) is 16.0 Å². The number of hydrogen-bond donors (Lipinski definition) is 1. The average Bonchev–Trinajstić information content (AvgIpc) is 2.75. The Labute approximate surface area is 131 Å². The summed E-state index contributed by atoms with van der Waals surface area (Å²) in [6.45, 7) is 0. The zero-order valence-electron chi connectivity index (χ0n) is 10.3. The highest BCUT2D eigenvalue weighted by atomic mass is 79.9. The minimum atomic E-state index is -0.602. The van der Waals surface area contributed by atoms with Crippen LogP contribution in [0, 0.1) is 27.7 Å². The number of halogens is 3. The summed E-state index contributed by atoms with van der Waals surface area (Å²) in [6, 6.07) is 8.70. The lowest BCUT2D eigenvalue weighted by Crippen LogP contribution is -1.98. The summed E-state index contributed by atoms with van der Waals surface area (Å²) in [5.74, 6) is -1.08. The number of H-pyrrole nitrogens is 1. The minimum Gasteiger partial charge on any atom is -0.330 e. The summed E-state index contributed by atoms with van der Waals surface area (Å²) in [7, 11) is 0. The van der Waals surface area contributed by atoms with Crippen LogP contribution < -0.4 is 0 Å². The molecule has 0 aliphatic carbocycles. The average molecular weight is 366 g/mol. The summed E-state index contributed by atoms with van der Waals surface area (Å²) in [4.78, 5) is 2.90. The van der Waals surface area contributed by atoms with Crippen LogP contribution in [0.15, 0.2) is 34.8 Å². The molecule has 0 spiro atoms. The summed E-state index contributed by atoms with van der Waals surface area (Å²) in [6.07, 6.45) is 0. The van der Waals surface area contributed by atoms with Gasteiger partial charge in [0.15, 0.2) is 4.77 Å². The summed E-state index contributed by atoms with van der Waals surface area (Å²) in [5, 5.41) is 8.77. The van der Waals surface area contributed by atoms with Gasteiger partial charge in [-0.2, -0.15) is 5.26 Å². The molecule has 3 aromatic rings. The SMILES string of the molecule is N#Cc1ccc(-n2c(=S)[nH]c3cc(Br)c(F)cc32)c(F)c1. The fraction of sp³-hybridized carbons (Fsp3) is 0. The van der Waals surface area contributed by atoms with E-state index in [2.05, 4.69) is 20.9 Å². The lowest BCUT2D eigenvalue weighted by molar-refractivity contribution is 0.616. The summed E-state index contributed by atoms with van der Waals surface area (Å²) >= 11 is 8.27. The number of benzene rings is 2. The first kappa shape index (κ1) is 13.9. The molecule has 1 N–H and O–H groups in total. The molecule has 0 saturated carbocycles. The van der Waals surface area contributed by atoms with Gasteiger partial charge in [0.05, 0.1) is 32.8 Å². The number of nitriles is 1. The van der Waals surface area contributed by atoms with Crippen LogP contribution in [0.5, 0.6) is 0 Å². The van der Waals surface area contributed by atoms with Crippen molar-refractivity contribution in [1.29, 1.82) is 5.26 Å². The fourth-order valence-electron chi connectivity index (χ4n) is 2.10. The second-order valence-electron chi connectivity index (χ2n) is 4.33. The van der Waals surface area contributed by atoms with E-state index in [0.717, 1.165) is 6.07 Å². The minimum absolute atomic E-state index is 0.159. The molecule has 21 heavy (non-hydrogen) atoms. The molecule has 0 aliphatic heterocycles. The Morgan fingerprint density at radius 3 is 2.62 bits per heavy atom. The van der Waals surface area contributed by atoms with Crippen molar-refractivity contribution in [2.24, 2.45) is 0 Å². The third-order valence-electron chi connectivity index (χ3n) is 3.04. The van der Waals surface area contributed by atoms with Gasteiger partial charge in [0, 0.05) is 6.07 Å². The molecule has 1 heterocycles. The molecule has 3 rings (SSSR count). The van der Waals surface area contributed by atoms with E-state index in [1.165, 1.54) is 22.8 Å². The molecular weight excluding hydrogens is 360 g/mol. The Bertz CT molecular complexity index is 969. The molecular formula is C14H6BrF2N3S. The molecule has 7 heteroatoms. The van der Waals surface area contributed by atoms with Crippen molar-refractivity contribution in [3.8, 4) is 11.8 Å². The Morgan fingerprint density at radius 1 is 1.19 bits per heavy atom. The Balaban J connectivity index is 2.35. The maximum atomic E-state index is 14.2. The van der Waals surface area contributed by atoms with Crippen LogP contribution in [-0.2, 0) is 0 Å². The van der Waals surface area contributed by atoms with E-state index >= 15 is 0 Å². The standard InChI is InChI=1S/C14H6BrF2N3S/c15-8-4-11-13(5-9(8)16)20(14(21)19-11)12-2-1-7(6-18)3-10(12)17/h1-5H,(H,19,21). The van der Waals surface area contributed by atoms with Gasteiger partial charge < -0.3 is 4.98 Å². The van der Waals surface area contributed by atoms with Gasteiger partial charge >= 0.3 is 0 Å². The first-order chi connectivity index (χ1) is 10.0. The lowest BCUT2D eigenvalue weighted by Gasteiger charge is -2.06. The van der Waals surface area contributed by atoms with Crippen LogP contribution >= 0.6 is 28.1 Å². The van der Waals surface area contributed by atoms with Crippen molar-refractivity contribution >= 4 is 39.2 Å². The lowest BCUT2D eigenvalue weighted by atomic mass is 10.2. The van der Waals surface area contributed by atoms with E-state index < -0.39 is 11.6 Å². The van der Waals surface area contributed by atoms with Gasteiger partial charge in [-0.05, 0) is 52.4 Å². The highest BCUT2D eigenvalue weighted by Crippen LogP contribution is 2.26. The Morgan fingerprint density at radius 2 is 1.95 bits per heavy atom. The molecule has 0 aliphatic rings. The van der Waals surface area contributed by atoms with Gasteiger partial charge in [-0.15, -0.1) is 0 Å². The first-order valence-corrected chi connectivity index (χ1v) is 7.01. The molecule has 0 fully saturated rings. The van der Waals surface area contributed by atoms with Gasteiger partial charge in [0.1, 0.15) is 11.6 Å². The number of aromatic nitrogens is 2. The topological polar surface area (TPSA) is 44.5 Å². The molecule has 0 bridgehead atoms. The predicted molar refractivity (Wildman–Crippen MR) is 80.8 cm³/mol. The van der Waals surface area contributed by atoms with E-state index in [1.54, 1.807) is 6.07 Å². The van der Waals surface area contributed by atoms with Crippen molar-refractivity contribution in [2.45, 2.75) is 0 Å². The third-order valence-corrected chi connectivity index (χ3v) is 3.93. The number of aromatic amines is 1. The predicted octanol–water partition coefficient (Wildman–Crippen LogP) is 4.60. The van der Waals surface area contributed by atoms with Gasteiger partial charge in [-0.1, -0.05) is 0 Å².